The van der Waals surface area contributed by atoms with E-state index in [1.54, 1.807) is 25.7 Å². The average Bonchev–Trinajstić information content (AvgIpc) is 3.25. The fourth-order valence-corrected chi connectivity index (χ4v) is 5.63. The molecule has 0 spiro atoms. The highest BCUT2D eigenvalue weighted by atomic mass is 79.9. The lowest BCUT2D eigenvalue weighted by molar-refractivity contribution is 0.416. The van der Waals surface area contributed by atoms with Crippen LogP contribution in [-0.2, 0) is 20.0 Å². The first kappa shape index (κ1) is 26.9. The van der Waals surface area contributed by atoms with Crippen LogP contribution < -0.4 is 26.0 Å². The second kappa shape index (κ2) is 10.9. The predicted molar refractivity (Wildman–Crippen MR) is 165 cm³/mol. The number of aromatic nitrogens is 6. The van der Waals surface area contributed by atoms with Crippen LogP contribution in [-0.4, -0.2) is 49.4 Å². The fraction of sp³-hybridized carbons (Fsp3) is 0.276. The van der Waals surface area contributed by atoms with Gasteiger partial charge < -0.3 is 26.0 Å². The zero-order chi connectivity index (χ0) is 28.7. The molecule has 1 aliphatic rings. The number of anilines is 5. The normalized spacial score (nSPS) is 12.7. The standard InChI is InChI=1S/C29H31BrN10O/c1-16(2)40-10-7-24-19(14-35-39(24)3)17-11-23(26(41-4)12-25(17)40)37-29-34-15-20(30)28(38-29)36-21-5-6-22-27(18(21)13-31)33-9-8-32-22/h5-6,8-9,11-12,14-16H,7,10,13,31H2,1-4H3,(H2,34,36,37,38). The van der Waals surface area contributed by atoms with Gasteiger partial charge in [-0.3, -0.25) is 14.6 Å². The maximum absolute atomic E-state index is 6.12. The van der Waals surface area contributed by atoms with E-state index in [0.29, 0.717) is 34.6 Å². The molecule has 0 fully saturated rings. The van der Waals surface area contributed by atoms with Gasteiger partial charge in [-0.15, -0.1) is 0 Å². The van der Waals surface area contributed by atoms with Crippen LogP contribution in [0.4, 0.5) is 28.8 Å². The van der Waals surface area contributed by atoms with Gasteiger partial charge in [0.05, 0.1) is 34.5 Å². The predicted octanol–water partition coefficient (Wildman–Crippen LogP) is 5.31. The molecule has 0 unspecified atom stereocenters. The van der Waals surface area contributed by atoms with Crippen LogP contribution in [0, 0.1) is 0 Å². The molecular formula is C29H31BrN10O. The van der Waals surface area contributed by atoms with Crippen LogP contribution in [0.3, 0.4) is 0 Å². The highest BCUT2D eigenvalue weighted by Crippen LogP contribution is 2.43. The number of ether oxygens (including phenoxy) is 1. The molecule has 210 valence electrons. The molecule has 5 aromatic rings. The topological polar surface area (TPSA) is 132 Å². The van der Waals surface area contributed by atoms with Gasteiger partial charge in [-0.1, -0.05) is 0 Å². The summed E-state index contributed by atoms with van der Waals surface area (Å²) >= 11 is 3.58. The van der Waals surface area contributed by atoms with E-state index in [9.17, 15) is 0 Å². The van der Waals surface area contributed by atoms with Crippen molar-refractivity contribution < 1.29 is 4.74 Å². The zero-order valence-electron chi connectivity index (χ0n) is 23.3. The minimum Gasteiger partial charge on any atom is -0.494 e. The lowest BCUT2D eigenvalue weighted by atomic mass is 10.0. The first-order chi connectivity index (χ1) is 19.9. The van der Waals surface area contributed by atoms with E-state index in [2.05, 4.69) is 77.5 Å². The lowest BCUT2D eigenvalue weighted by Gasteiger charge is -2.30. The molecule has 11 nitrogen and oxygen atoms in total. The van der Waals surface area contributed by atoms with Crippen molar-refractivity contribution >= 4 is 55.8 Å². The molecule has 12 heteroatoms. The molecule has 4 N–H and O–H groups in total. The van der Waals surface area contributed by atoms with Gasteiger partial charge in [0.1, 0.15) is 11.6 Å². The summed E-state index contributed by atoms with van der Waals surface area (Å²) in [5, 5.41) is 11.3. The Hall–Kier alpha value is -4.29. The number of aryl methyl sites for hydroxylation is 1. The number of nitrogens with one attached hydrogen (secondary N) is 2. The van der Waals surface area contributed by atoms with E-state index in [4.69, 9.17) is 15.5 Å². The summed E-state index contributed by atoms with van der Waals surface area (Å²) in [7, 11) is 3.67. The van der Waals surface area contributed by atoms with Gasteiger partial charge in [-0.25, -0.2) is 4.98 Å². The van der Waals surface area contributed by atoms with Crippen LogP contribution >= 0.6 is 15.9 Å². The van der Waals surface area contributed by atoms with E-state index < -0.39 is 0 Å². The second-order valence-corrected chi connectivity index (χ2v) is 10.9. The highest BCUT2D eigenvalue weighted by Gasteiger charge is 2.26. The number of nitrogens with two attached hydrogens (primary N) is 1. The van der Waals surface area contributed by atoms with Crippen LogP contribution in [0.2, 0.25) is 0 Å². The monoisotopic (exact) mass is 614 g/mol. The molecule has 0 amide bonds. The molecule has 0 bridgehead atoms. The van der Waals surface area contributed by atoms with E-state index >= 15 is 0 Å². The van der Waals surface area contributed by atoms with Crippen molar-refractivity contribution in [1.82, 2.24) is 29.7 Å². The molecule has 0 radical (unpaired) electrons. The Bertz CT molecular complexity index is 1750. The molecule has 0 atom stereocenters. The molecule has 6 rings (SSSR count). The summed E-state index contributed by atoms with van der Waals surface area (Å²) in [6.45, 7) is 5.60. The second-order valence-electron chi connectivity index (χ2n) is 10.1. The summed E-state index contributed by atoms with van der Waals surface area (Å²) in [5.74, 6) is 1.68. The molecule has 0 saturated carbocycles. The number of benzene rings is 2. The van der Waals surface area contributed by atoms with Gasteiger partial charge in [0, 0.05) is 91.0 Å². The van der Waals surface area contributed by atoms with Crippen molar-refractivity contribution in [2.75, 3.05) is 29.2 Å². The maximum atomic E-state index is 6.12. The molecule has 2 aromatic carbocycles. The van der Waals surface area contributed by atoms with Crippen molar-refractivity contribution in [3.05, 3.63) is 64.8 Å². The number of hydrogen-bond acceptors (Lipinski definition) is 10. The number of halogens is 1. The third kappa shape index (κ3) is 4.93. The molecule has 3 aromatic heterocycles. The van der Waals surface area contributed by atoms with Crippen molar-refractivity contribution in [2.45, 2.75) is 32.9 Å². The molecule has 0 aliphatic carbocycles. The Labute approximate surface area is 246 Å². The number of hydrogen-bond donors (Lipinski definition) is 3. The van der Waals surface area contributed by atoms with Gasteiger partial charge in [-0.2, -0.15) is 10.1 Å². The largest absolute Gasteiger partial charge is 0.494 e. The Morgan fingerprint density at radius 3 is 2.66 bits per heavy atom. The Balaban J connectivity index is 1.38. The van der Waals surface area contributed by atoms with Crippen LogP contribution in [0.25, 0.3) is 22.2 Å². The minimum atomic E-state index is 0.294. The van der Waals surface area contributed by atoms with Crippen LogP contribution in [0.15, 0.2) is 53.5 Å². The number of fused-ring (bicyclic) bond motifs is 4. The van der Waals surface area contributed by atoms with E-state index in [-0.39, 0.29) is 0 Å². The summed E-state index contributed by atoms with van der Waals surface area (Å²) in [6, 6.07) is 8.35. The molecule has 1 aliphatic heterocycles. The van der Waals surface area contributed by atoms with E-state index in [0.717, 1.165) is 57.8 Å². The van der Waals surface area contributed by atoms with Gasteiger partial charge in [-0.05, 0) is 48.0 Å². The van der Waals surface area contributed by atoms with Crippen molar-refractivity contribution in [3.8, 4) is 16.9 Å². The van der Waals surface area contributed by atoms with Gasteiger partial charge in [0.25, 0.3) is 0 Å². The number of nitrogens with zero attached hydrogens (tertiary/aromatic N) is 7. The Morgan fingerprint density at radius 2 is 1.88 bits per heavy atom. The van der Waals surface area contributed by atoms with Crippen molar-refractivity contribution in [3.63, 3.8) is 0 Å². The minimum absolute atomic E-state index is 0.294. The van der Waals surface area contributed by atoms with Crippen LogP contribution in [0.5, 0.6) is 5.75 Å². The number of methoxy groups -OCH3 is 1. The van der Waals surface area contributed by atoms with Crippen molar-refractivity contribution in [2.24, 2.45) is 12.8 Å². The fourth-order valence-electron chi connectivity index (χ4n) is 5.34. The zero-order valence-corrected chi connectivity index (χ0v) is 24.9. The summed E-state index contributed by atoms with van der Waals surface area (Å²) in [5.41, 5.74) is 14.6. The van der Waals surface area contributed by atoms with Gasteiger partial charge >= 0.3 is 0 Å². The molecule has 0 saturated heterocycles. The van der Waals surface area contributed by atoms with E-state index in [1.807, 2.05) is 30.1 Å². The third-order valence-electron chi connectivity index (χ3n) is 7.38. The molecule has 4 heterocycles. The van der Waals surface area contributed by atoms with Gasteiger partial charge in [0.2, 0.25) is 5.95 Å². The first-order valence-electron chi connectivity index (χ1n) is 13.4. The molecular weight excluding hydrogens is 584 g/mol. The number of rotatable bonds is 7. The quantitative estimate of drug-likeness (QED) is 0.221. The van der Waals surface area contributed by atoms with Crippen molar-refractivity contribution in [1.29, 1.82) is 0 Å². The third-order valence-corrected chi connectivity index (χ3v) is 7.97. The van der Waals surface area contributed by atoms with E-state index in [1.165, 1.54) is 5.69 Å². The SMILES string of the molecule is COc1cc2c(cc1Nc1ncc(Br)c(Nc3ccc4nccnc4c3CN)n1)-c1cnn(C)c1CCN2C(C)C. The molecule has 41 heavy (non-hydrogen) atoms. The Kier molecular flexibility index (Phi) is 7.18. The Morgan fingerprint density at radius 1 is 1.05 bits per heavy atom. The lowest BCUT2D eigenvalue weighted by Crippen LogP contribution is -2.32. The maximum Gasteiger partial charge on any atom is 0.229 e. The van der Waals surface area contributed by atoms with Gasteiger partial charge in [0.15, 0.2) is 0 Å². The van der Waals surface area contributed by atoms with Crippen LogP contribution in [0.1, 0.15) is 25.1 Å². The summed E-state index contributed by atoms with van der Waals surface area (Å²) in [4.78, 5) is 20.6. The first-order valence-corrected chi connectivity index (χ1v) is 14.2. The summed E-state index contributed by atoms with van der Waals surface area (Å²) in [6.07, 6.45) is 7.88. The summed E-state index contributed by atoms with van der Waals surface area (Å²) < 4.78 is 8.51. The highest BCUT2D eigenvalue weighted by molar-refractivity contribution is 9.10. The smallest absolute Gasteiger partial charge is 0.229 e. The average molecular weight is 616 g/mol.